The van der Waals surface area contributed by atoms with Crippen LogP contribution >= 0.6 is 11.6 Å². The summed E-state index contributed by atoms with van der Waals surface area (Å²) < 4.78 is 44.2. The lowest BCUT2D eigenvalue weighted by Gasteiger charge is -2.18. The van der Waals surface area contributed by atoms with Gasteiger partial charge in [-0.2, -0.15) is 0 Å². The molecule has 0 heterocycles. The molecule has 3 rings (SSSR count). The highest BCUT2D eigenvalue weighted by atomic mass is 35.5. The van der Waals surface area contributed by atoms with Gasteiger partial charge in [0, 0.05) is 38.7 Å². The minimum atomic E-state index is -0.479. The lowest BCUT2D eigenvalue weighted by atomic mass is 10.0. The maximum atomic E-state index is 11.0. The van der Waals surface area contributed by atoms with Crippen molar-refractivity contribution in [2.75, 3.05) is 79.3 Å². The van der Waals surface area contributed by atoms with E-state index < -0.39 is 11.9 Å². The molecule has 0 unspecified atom stereocenters. The molecule has 10 nitrogen and oxygen atoms in total. The minimum absolute atomic E-state index is 0.163. The Morgan fingerprint density at radius 2 is 0.953 bits per heavy atom. The van der Waals surface area contributed by atoms with E-state index in [1.54, 1.807) is 0 Å². The number of hydrogen-bond donors (Lipinski definition) is 0. The summed E-state index contributed by atoms with van der Waals surface area (Å²) in [7, 11) is 0. The van der Waals surface area contributed by atoms with Gasteiger partial charge in [-0.15, -0.1) is 0 Å². The first-order valence-corrected chi connectivity index (χ1v) is 14.2. The molecular formula is C32H37ClO10. The van der Waals surface area contributed by atoms with E-state index in [9.17, 15) is 9.59 Å². The molecule has 0 atom stereocenters. The third kappa shape index (κ3) is 11.5. The minimum Gasteiger partial charge on any atom is -0.490 e. The van der Waals surface area contributed by atoms with Gasteiger partial charge in [0.2, 0.25) is 0 Å². The number of rotatable bonds is 22. The maximum Gasteiger partial charge on any atom is 0.330 e. The second kappa shape index (κ2) is 19.5. The molecule has 0 aliphatic heterocycles. The first kappa shape index (κ1) is 33.8. The van der Waals surface area contributed by atoms with Crippen molar-refractivity contribution in [3.63, 3.8) is 0 Å². The van der Waals surface area contributed by atoms with Gasteiger partial charge < -0.3 is 37.9 Å². The number of esters is 2. The molecule has 43 heavy (non-hydrogen) atoms. The van der Waals surface area contributed by atoms with Gasteiger partial charge in [-0.1, -0.05) is 49.0 Å². The second-order valence-corrected chi connectivity index (χ2v) is 9.22. The predicted octanol–water partition coefficient (Wildman–Crippen LogP) is 4.93. The van der Waals surface area contributed by atoms with Crippen LogP contribution in [0.15, 0.2) is 67.8 Å². The van der Waals surface area contributed by atoms with Gasteiger partial charge >= 0.3 is 11.9 Å². The van der Waals surface area contributed by atoms with Crippen molar-refractivity contribution in [1.82, 2.24) is 0 Å². The Morgan fingerprint density at radius 1 is 0.558 bits per heavy atom. The van der Waals surface area contributed by atoms with Gasteiger partial charge in [0.15, 0.2) is 0 Å². The molecule has 3 aromatic rings. The molecule has 232 valence electrons. The van der Waals surface area contributed by atoms with E-state index in [0.29, 0.717) is 69.4 Å². The van der Waals surface area contributed by atoms with E-state index in [2.05, 4.69) is 13.2 Å². The van der Waals surface area contributed by atoms with Crippen molar-refractivity contribution < 1.29 is 47.5 Å². The van der Waals surface area contributed by atoms with Crippen molar-refractivity contribution in [3.8, 4) is 11.5 Å². The Labute approximate surface area is 256 Å². The van der Waals surface area contributed by atoms with Crippen LogP contribution in [0.5, 0.6) is 11.5 Å². The summed E-state index contributed by atoms with van der Waals surface area (Å²) in [5.41, 5.74) is 0. The second-order valence-electron chi connectivity index (χ2n) is 8.78. The van der Waals surface area contributed by atoms with Gasteiger partial charge in [-0.05, 0) is 18.2 Å². The molecule has 0 fully saturated rings. The average Bonchev–Trinajstić information content (AvgIpc) is 3.02. The maximum absolute atomic E-state index is 11.0. The van der Waals surface area contributed by atoms with Crippen molar-refractivity contribution in [1.29, 1.82) is 0 Å². The summed E-state index contributed by atoms with van der Waals surface area (Å²) in [4.78, 5) is 22.0. The summed E-state index contributed by atoms with van der Waals surface area (Å²) in [6, 6.07) is 13.4. The fourth-order valence-electron chi connectivity index (χ4n) is 3.95. The van der Waals surface area contributed by atoms with Crippen LogP contribution in [0, 0.1) is 0 Å². The fourth-order valence-corrected chi connectivity index (χ4v) is 4.12. The summed E-state index contributed by atoms with van der Waals surface area (Å²) in [6.45, 7) is 10.4. The number of halogens is 1. The van der Waals surface area contributed by atoms with Gasteiger partial charge in [0.05, 0.1) is 52.9 Å². The summed E-state index contributed by atoms with van der Waals surface area (Å²) in [5, 5.41) is 4.05. The highest BCUT2D eigenvalue weighted by Crippen LogP contribution is 2.43. The van der Waals surface area contributed by atoms with Crippen LogP contribution in [0.25, 0.3) is 21.5 Å². The topological polar surface area (TPSA) is 108 Å². The SMILES string of the molecule is C=CC(=O)OCCOCCOCCOc1c2ccccc2c(OCCOCCOCCOC(=O)C=C)c2cc(Cl)ccc12. The van der Waals surface area contributed by atoms with E-state index in [-0.39, 0.29) is 26.4 Å². The van der Waals surface area contributed by atoms with E-state index in [1.165, 1.54) is 0 Å². The third-order valence-corrected chi connectivity index (χ3v) is 6.09. The molecule has 0 radical (unpaired) electrons. The molecule has 0 saturated heterocycles. The fraction of sp³-hybridized carbons (Fsp3) is 0.375. The van der Waals surface area contributed by atoms with Gasteiger partial charge in [0.25, 0.3) is 0 Å². The summed E-state index contributed by atoms with van der Waals surface area (Å²) in [6.07, 6.45) is 2.22. The number of carbonyl (C=O) groups excluding carboxylic acids is 2. The zero-order valence-electron chi connectivity index (χ0n) is 24.1. The van der Waals surface area contributed by atoms with Crippen LogP contribution in [0.3, 0.4) is 0 Å². The molecule has 0 spiro atoms. The summed E-state index contributed by atoms with van der Waals surface area (Å²) in [5.74, 6) is 0.448. The Hall–Kier alpha value is -3.67. The Kier molecular flexibility index (Phi) is 15.3. The molecule has 3 aromatic carbocycles. The number of benzene rings is 3. The largest absolute Gasteiger partial charge is 0.490 e. The third-order valence-electron chi connectivity index (χ3n) is 5.86. The molecule has 11 heteroatoms. The zero-order valence-corrected chi connectivity index (χ0v) is 24.8. The molecular weight excluding hydrogens is 580 g/mol. The highest BCUT2D eigenvalue weighted by Gasteiger charge is 2.16. The van der Waals surface area contributed by atoms with Crippen LogP contribution in [-0.4, -0.2) is 91.2 Å². The van der Waals surface area contributed by atoms with Crippen LogP contribution in [-0.2, 0) is 38.0 Å². The molecule has 0 aromatic heterocycles. The van der Waals surface area contributed by atoms with E-state index in [1.807, 2.05) is 42.5 Å². The van der Waals surface area contributed by atoms with Crippen molar-refractivity contribution in [2.24, 2.45) is 0 Å². The standard InChI is InChI=1S/C32H37ClO10/c1-3-29(34)40-19-15-36-11-13-38-17-21-42-31-25-7-5-6-8-26(25)32(28-23-24(33)9-10-27(28)31)43-22-18-39-14-12-37-16-20-41-30(35)4-2/h3-10,23H,1-2,11-22H2. The predicted molar refractivity (Wildman–Crippen MR) is 163 cm³/mol. The van der Waals surface area contributed by atoms with Crippen LogP contribution in [0.1, 0.15) is 0 Å². The lowest BCUT2D eigenvalue weighted by molar-refractivity contribution is -0.140. The molecule has 0 saturated carbocycles. The van der Waals surface area contributed by atoms with Crippen LogP contribution in [0.4, 0.5) is 0 Å². The number of hydrogen-bond acceptors (Lipinski definition) is 10. The molecule has 0 bridgehead atoms. The monoisotopic (exact) mass is 616 g/mol. The Bertz CT molecular complexity index is 1340. The van der Waals surface area contributed by atoms with E-state index in [0.717, 1.165) is 33.7 Å². The first-order valence-electron chi connectivity index (χ1n) is 13.8. The van der Waals surface area contributed by atoms with Crippen molar-refractivity contribution in [2.45, 2.75) is 0 Å². The normalized spacial score (nSPS) is 10.9. The molecule has 0 amide bonds. The Balaban J connectivity index is 1.50. The number of carbonyl (C=O) groups is 2. The van der Waals surface area contributed by atoms with Gasteiger partial charge in [-0.3, -0.25) is 0 Å². The van der Waals surface area contributed by atoms with Crippen LogP contribution < -0.4 is 9.47 Å². The number of ether oxygens (including phenoxy) is 8. The Morgan fingerprint density at radius 3 is 1.42 bits per heavy atom. The van der Waals surface area contributed by atoms with Crippen LogP contribution in [0.2, 0.25) is 5.02 Å². The first-order chi connectivity index (χ1) is 21.0. The smallest absolute Gasteiger partial charge is 0.330 e. The van der Waals surface area contributed by atoms with Gasteiger partial charge in [-0.25, -0.2) is 9.59 Å². The van der Waals surface area contributed by atoms with Crippen molar-refractivity contribution in [3.05, 3.63) is 72.8 Å². The lowest BCUT2D eigenvalue weighted by Crippen LogP contribution is -2.14. The average molecular weight is 617 g/mol. The quantitative estimate of drug-likeness (QED) is 0.0667. The van der Waals surface area contributed by atoms with E-state index >= 15 is 0 Å². The molecule has 0 N–H and O–H groups in total. The molecule has 0 aliphatic rings. The van der Waals surface area contributed by atoms with E-state index in [4.69, 9.17) is 49.5 Å². The number of fused-ring (bicyclic) bond motifs is 2. The summed E-state index contributed by atoms with van der Waals surface area (Å²) >= 11 is 6.38. The molecule has 0 aliphatic carbocycles. The highest BCUT2D eigenvalue weighted by molar-refractivity contribution is 6.31. The van der Waals surface area contributed by atoms with Gasteiger partial charge in [0.1, 0.15) is 37.9 Å². The van der Waals surface area contributed by atoms with Crippen molar-refractivity contribution >= 4 is 45.1 Å². The zero-order chi connectivity index (χ0) is 30.7.